The van der Waals surface area contributed by atoms with E-state index in [-0.39, 0.29) is 0 Å². The van der Waals surface area contributed by atoms with Crippen molar-refractivity contribution in [2.24, 2.45) is 0 Å². The van der Waals surface area contributed by atoms with Crippen LogP contribution in [-0.4, -0.2) is 25.2 Å². The molecule has 6 heteroatoms. The zero-order chi connectivity index (χ0) is 30.5. The summed E-state index contributed by atoms with van der Waals surface area (Å²) in [6, 6.07) is 51.9. The van der Waals surface area contributed by atoms with Crippen molar-refractivity contribution in [2.45, 2.75) is 19.1 Å². The normalized spacial score (nSPS) is 11.3. The van der Waals surface area contributed by atoms with Crippen LogP contribution < -0.4 is 4.74 Å². The highest BCUT2D eigenvalue weighted by Gasteiger charge is 2.42. The van der Waals surface area contributed by atoms with Crippen molar-refractivity contribution >= 4 is 0 Å². The molecule has 0 radical (unpaired) electrons. The van der Waals surface area contributed by atoms with E-state index in [1.165, 1.54) is 0 Å². The number of pyridine rings is 1. The Labute approximate surface area is 262 Å². The highest BCUT2D eigenvalue weighted by molar-refractivity contribution is 5.81. The quantitative estimate of drug-likeness (QED) is 0.160. The zero-order valence-corrected chi connectivity index (χ0v) is 24.9. The van der Waals surface area contributed by atoms with Gasteiger partial charge < -0.3 is 4.74 Å². The van der Waals surface area contributed by atoms with Crippen LogP contribution in [0.1, 0.15) is 27.9 Å². The van der Waals surface area contributed by atoms with Gasteiger partial charge in [0.15, 0.2) is 5.82 Å². The molecule has 0 bridgehead atoms. The minimum atomic E-state index is -0.831. The summed E-state index contributed by atoms with van der Waals surface area (Å²) in [4.78, 5) is 4.25. The fraction of sp³-hybridized carbons (Fsp3) is 0.0769. The van der Waals surface area contributed by atoms with Crippen LogP contribution in [0.2, 0.25) is 0 Å². The van der Waals surface area contributed by atoms with Crippen LogP contribution in [0.3, 0.4) is 0 Å². The van der Waals surface area contributed by atoms with Crippen molar-refractivity contribution in [3.8, 4) is 28.3 Å². The molecule has 2 aromatic heterocycles. The summed E-state index contributed by atoms with van der Waals surface area (Å²) in [5.74, 6) is 1.48. The van der Waals surface area contributed by atoms with Gasteiger partial charge in [0.25, 0.3) is 0 Å². The molecule has 0 aliphatic heterocycles. The van der Waals surface area contributed by atoms with Crippen molar-refractivity contribution in [2.75, 3.05) is 0 Å². The van der Waals surface area contributed by atoms with Crippen molar-refractivity contribution < 1.29 is 4.74 Å². The van der Waals surface area contributed by atoms with Gasteiger partial charge in [-0.05, 0) is 56.8 Å². The third-order valence-corrected chi connectivity index (χ3v) is 8.07. The predicted octanol–water partition coefficient (Wildman–Crippen LogP) is 8.13. The summed E-state index contributed by atoms with van der Waals surface area (Å²) >= 11 is 0. The van der Waals surface area contributed by atoms with E-state index in [0.717, 1.165) is 50.4 Å². The molecule has 0 amide bonds. The first kappa shape index (κ1) is 27.9. The molecule has 45 heavy (non-hydrogen) atoms. The van der Waals surface area contributed by atoms with Crippen LogP contribution in [-0.2, 0) is 12.1 Å². The molecule has 0 atom stereocenters. The van der Waals surface area contributed by atoms with E-state index >= 15 is 0 Å². The molecule has 0 saturated heterocycles. The van der Waals surface area contributed by atoms with Crippen molar-refractivity contribution in [1.82, 2.24) is 25.2 Å². The van der Waals surface area contributed by atoms with E-state index in [4.69, 9.17) is 9.95 Å². The Kier molecular flexibility index (Phi) is 7.69. The maximum Gasteiger partial charge on any atom is 0.184 e. The number of rotatable bonds is 9. The summed E-state index contributed by atoms with van der Waals surface area (Å²) in [5, 5.41) is 13.7. The summed E-state index contributed by atoms with van der Waals surface area (Å²) in [7, 11) is 0. The average Bonchev–Trinajstić information content (AvgIpc) is 3.60. The lowest BCUT2D eigenvalue weighted by atomic mass is 9.77. The third-order valence-electron chi connectivity index (χ3n) is 8.07. The molecule has 0 aliphatic carbocycles. The molecule has 7 aromatic rings. The maximum absolute atomic E-state index is 6.01. The zero-order valence-electron chi connectivity index (χ0n) is 24.9. The molecule has 6 nitrogen and oxygen atoms in total. The van der Waals surface area contributed by atoms with Gasteiger partial charge in [-0.1, -0.05) is 140 Å². The molecule has 0 aliphatic rings. The van der Waals surface area contributed by atoms with Gasteiger partial charge in [-0.15, -0.1) is 5.10 Å². The summed E-state index contributed by atoms with van der Waals surface area (Å²) < 4.78 is 7.99. The summed E-state index contributed by atoms with van der Waals surface area (Å²) in [6.45, 7) is 2.43. The van der Waals surface area contributed by atoms with E-state index in [1.54, 1.807) is 6.20 Å². The van der Waals surface area contributed by atoms with Gasteiger partial charge >= 0.3 is 0 Å². The Morgan fingerprint density at radius 1 is 0.622 bits per heavy atom. The highest BCUT2D eigenvalue weighted by Crippen LogP contribution is 2.43. The molecular weight excluding hydrogens is 554 g/mol. The number of ether oxygens (including phenoxy) is 1. The average molecular weight is 586 g/mol. The monoisotopic (exact) mass is 585 g/mol. The molecule has 0 saturated carbocycles. The smallest absolute Gasteiger partial charge is 0.184 e. The fourth-order valence-electron chi connectivity index (χ4n) is 5.97. The number of tetrazole rings is 1. The second kappa shape index (κ2) is 12.4. The highest BCUT2D eigenvalue weighted by atomic mass is 16.5. The summed E-state index contributed by atoms with van der Waals surface area (Å²) in [5.41, 5.74) is 7.38. The third kappa shape index (κ3) is 5.38. The lowest BCUT2D eigenvalue weighted by Gasteiger charge is -2.36. The van der Waals surface area contributed by atoms with Crippen molar-refractivity contribution in [3.63, 3.8) is 0 Å². The fourth-order valence-corrected chi connectivity index (χ4v) is 5.97. The van der Waals surface area contributed by atoms with Crippen LogP contribution in [0.4, 0.5) is 0 Å². The SMILES string of the molecule is Cc1cc(OCc2ccc(-c3ccccc3-c3nnnn3C(c3ccccc3)(c3ccccc3)c3ccccc3)cc2)ccn1. The van der Waals surface area contributed by atoms with Crippen LogP contribution in [0.5, 0.6) is 5.75 Å². The molecule has 0 unspecified atom stereocenters. The van der Waals surface area contributed by atoms with Crippen LogP contribution in [0.15, 0.2) is 158 Å². The van der Waals surface area contributed by atoms with Crippen molar-refractivity contribution in [1.29, 1.82) is 0 Å². The van der Waals surface area contributed by atoms with Crippen LogP contribution >= 0.6 is 0 Å². The molecule has 7 rings (SSSR count). The molecular formula is C39H31N5O. The van der Waals surface area contributed by atoms with Gasteiger partial charge in [0.05, 0.1) is 0 Å². The topological polar surface area (TPSA) is 65.7 Å². The van der Waals surface area contributed by atoms with Gasteiger partial charge in [0.2, 0.25) is 0 Å². The maximum atomic E-state index is 6.01. The molecule has 2 heterocycles. The Hall–Kier alpha value is -5.88. The number of hydrogen-bond donors (Lipinski definition) is 0. The van der Waals surface area contributed by atoms with E-state index in [2.05, 4.69) is 131 Å². The van der Waals surface area contributed by atoms with Gasteiger partial charge in [0, 0.05) is 23.5 Å². The van der Waals surface area contributed by atoms with E-state index in [1.807, 2.05) is 48.0 Å². The Morgan fingerprint density at radius 3 is 1.76 bits per heavy atom. The van der Waals surface area contributed by atoms with E-state index < -0.39 is 5.54 Å². The Balaban J connectivity index is 1.34. The predicted molar refractivity (Wildman–Crippen MR) is 177 cm³/mol. The van der Waals surface area contributed by atoms with Gasteiger partial charge in [-0.25, -0.2) is 4.68 Å². The lowest BCUT2D eigenvalue weighted by Crippen LogP contribution is -2.39. The Morgan fingerprint density at radius 2 is 1.18 bits per heavy atom. The first-order valence-electron chi connectivity index (χ1n) is 14.9. The summed E-state index contributed by atoms with van der Waals surface area (Å²) in [6.07, 6.45) is 1.76. The van der Waals surface area contributed by atoms with Crippen LogP contribution in [0.25, 0.3) is 22.5 Å². The Bertz CT molecular complexity index is 1910. The first-order chi connectivity index (χ1) is 22.2. The van der Waals surface area contributed by atoms with Gasteiger partial charge in [0.1, 0.15) is 17.9 Å². The largest absolute Gasteiger partial charge is 0.489 e. The van der Waals surface area contributed by atoms with E-state index in [0.29, 0.717) is 12.4 Å². The standard InChI is InChI=1S/C39H31N5O/c1-29-27-35(25-26-40-29)45-28-30-21-23-31(24-22-30)36-19-11-12-20-37(36)38-41-42-43-44(38)39(32-13-5-2-6-14-32,33-15-7-3-8-16-33)34-17-9-4-10-18-34/h2-27H,28H2,1H3. The molecule has 0 N–H and O–H groups in total. The lowest BCUT2D eigenvalue weighted by molar-refractivity contribution is 0.305. The van der Waals surface area contributed by atoms with Gasteiger partial charge in [-0.2, -0.15) is 0 Å². The number of benzene rings is 5. The van der Waals surface area contributed by atoms with Gasteiger partial charge in [-0.3, -0.25) is 4.98 Å². The number of hydrogen-bond acceptors (Lipinski definition) is 5. The number of aryl methyl sites for hydroxylation is 1. The molecule has 218 valence electrons. The molecule has 0 spiro atoms. The molecule has 0 fully saturated rings. The minimum Gasteiger partial charge on any atom is -0.489 e. The van der Waals surface area contributed by atoms with Crippen molar-refractivity contribution in [3.05, 3.63) is 186 Å². The van der Waals surface area contributed by atoms with Crippen LogP contribution in [0, 0.1) is 6.92 Å². The second-order valence-corrected chi connectivity index (χ2v) is 10.9. The molecule has 5 aromatic carbocycles. The minimum absolute atomic E-state index is 0.470. The van der Waals surface area contributed by atoms with E-state index in [9.17, 15) is 0 Å². The first-order valence-corrected chi connectivity index (χ1v) is 14.9. The number of aromatic nitrogens is 5. The second-order valence-electron chi connectivity index (χ2n) is 10.9. The number of nitrogens with zero attached hydrogens (tertiary/aromatic N) is 5.